The lowest BCUT2D eigenvalue weighted by Crippen LogP contribution is -2.49. The van der Waals surface area contributed by atoms with E-state index in [4.69, 9.17) is 9.15 Å². The molecule has 0 aliphatic carbocycles. The van der Waals surface area contributed by atoms with Gasteiger partial charge in [0.2, 0.25) is 0 Å². The number of hydrogen-bond donors (Lipinski definition) is 0. The van der Waals surface area contributed by atoms with Crippen molar-refractivity contribution in [3.8, 4) is 0 Å². The number of nitrogens with zero attached hydrogens (tertiary/aromatic N) is 2. The van der Waals surface area contributed by atoms with Gasteiger partial charge in [0, 0.05) is 19.2 Å². The summed E-state index contributed by atoms with van der Waals surface area (Å²) in [7, 11) is 0. The molecule has 3 aliphatic rings. The number of rotatable bonds is 2. The summed E-state index contributed by atoms with van der Waals surface area (Å²) in [5.74, 6) is 0.787. The van der Waals surface area contributed by atoms with Crippen LogP contribution in [0.3, 0.4) is 0 Å². The SMILES string of the molecule is Cc1occc1C(=O)N1CC[C@]2(C[C@@H](N3CCCC3)CCO2)C1. The predicted molar refractivity (Wildman–Crippen MR) is 86.5 cm³/mol. The Balaban J connectivity index is 1.44. The van der Waals surface area contributed by atoms with Crippen LogP contribution in [0.5, 0.6) is 0 Å². The molecule has 0 bridgehead atoms. The molecule has 0 unspecified atom stereocenters. The van der Waals surface area contributed by atoms with Gasteiger partial charge in [0.15, 0.2) is 0 Å². The molecule has 3 aliphatic heterocycles. The standard InChI is InChI=1S/C18H26N2O3/c1-14-16(5-10-22-14)17(21)20-9-6-18(13-20)12-15(4-11-23-18)19-7-2-3-8-19/h5,10,15H,2-4,6-9,11-13H2,1H3/t15-,18-/m0/s1. The van der Waals surface area contributed by atoms with Crippen molar-refractivity contribution in [2.75, 3.05) is 32.8 Å². The molecule has 3 fully saturated rings. The van der Waals surface area contributed by atoms with Crippen LogP contribution < -0.4 is 0 Å². The third-order valence-corrected chi connectivity index (χ3v) is 5.82. The third kappa shape index (κ3) is 2.81. The molecular formula is C18H26N2O3. The van der Waals surface area contributed by atoms with E-state index in [2.05, 4.69) is 4.90 Å². The molecular weight excluding hydrogens is 292 g/mol. The van der Waals surface area contributed by atoms with E-state index in [-0.39, 0.29) is 11.5 Å². The van der Waals surface area contributed by atoms with Crippen molar-refractivity contribution in [1.82, 2.24) is 9.80 Å². The van der Waals surface area contributed by atoms with E-state index < -0.39 is 0 Å². The highest BCUT2D eigenvalue weighted by atomic mass is 16.5. The van der Waals surface area contributed by atoms with Gasteiger partial charge in [0.05, 0.1) is 24.0 Å². The second-order valence-electron chi connectivity index (χ2n) is 7.29. The molecule has 0 radical (unpaired) electrons. The normalized spacial score (nSPS) is 32.0. The summed E-state index contributed by atoms with van der Waals surface area (Å²) in [6, 6.07) is 2.41. The summed E-state index contributed by atoms with van der Waals surface area (Å²) in [6.07, 6.45) is 7.41. The van der Waals surface area contributed by atoms with Crippen LogP contribution in [0, 0.1) is 6.92 Å². The van der Waals surface area contributed by atoms with Gasteiger partial charge >= 0.3 is 0 Å². The first kappa shape index (κ1) is 15.2. The Bertz CT molecular complexity index is 579. The Hall–Kier alpha value is -1.33. The molecule has 1 aromatic rings. The number of carbonyl (C=O) groups is 1. The number of carbonyl (C=O) groups excluding carboxylic acids is 1. The van der Waals surface area contributed by atoms with E-state index in [9.17, 15) is 4.79 Å². The molecule has 1 spiro atoms. The molecule has 2 atom stereocenters. The number of ether oxygens (including phenoxy) is 1. The van der Waals surface area contributed by atoms with E-state index in [0.29, 0.717) is 17.4 Å². The highest BCUT2D eigenvalue weighted by Gasteiger charge is 2.46. The minimum atomic E-state index is -0.126. The van der Waals surface area contributed by atoms with Crippen molar-refractivity contribution in [3.63, 3.8) is 0 Å². The van der Waals surface area contributed by atoms with Crippen molar-refractivity contribution in [3.05, 3.63) is 23.7 Å². The third-order valence-electron chi connectivity index (χ3n) is 5.82. The Morgan fingerprint density at radius 3 is 2.87 bits per heavy atom. The van der Waals surface area contributed by atoms with Crippen LogP contribution in [-0.2, 0) is 4.74 Å². The summed E-state index contributed by atoms with van der Waals surface area (Å²) >= 11 is 0. The number of likely N-dealkylation sites (tertiary alicyclic amines) is 2. The Labute approximate surface area is 137 Å². The number of amides is 1. The van der Waals surface area contributed by atoms with Gasteiger partial charge in [-0.1, -0.05) is 0 Å². The summed E-state index contributed by atoms with van der Waals surface area (Å²) in [5, 5.41) is 0. The molecule has 5 nitrogen and oxygen atoms in total. The molecule has 1 amide bonds. The Kier molecular flexibility index (Phi) is 3.93. The second kappa shape index (κ2) is 5.95. The maximum atomic E-state index is 12.7. The fraction of sp³-hybridized carbons (Fsp3) is 0.722. The van der Waals surface area contributed by atoms with Crippen molar-refractivity contribution in [2.45, 2.75) is 50.7 Å². The summed E-state index contributed by atoms with van der Waals surface area (Å²) < 4.78 is 11.5. The van der Waals surface area contributed by atoms with Gasteiger partial charge in [-0.2, -0.15) is 0 Å². The smallest absolute Gasteiger partial charge is 0.257 e. The zero-order chi connectivity index (χ0) is 15.9. The van der Waals surface area contributed by atoms with Gasteiger partial charge in [0.25, 0.3) is 5.91 Å². The quantitative estimate of drug-likeness (QED) is 0.840. The van der Waals surface area contributed by atoms with E-state index in [1.54, 1.807) is 12.3 Å². The Morgan fingerprint density at radius 2 is 2.13 bits per heavy atom. The Morgan fingerprint density at radius 1 is 1.30 bits per heavy atom. The highest BCUT2D eigenvalue weighted by Crippen LogP contribution is 2.37. The van der Waals surface area contributed by atoms with Crippen LogP contribution in [0.1, 0.15) is 48.2 Å². The zero-order valence-electron chi connectivity index (χ0n) is 13.9. The fourth-order valence-corrected chi connectivity index (χ4v) is 4.50. The molecule has 4 rings (SSSR count). The van der Waals surface area contributed by atoms with Crippen molar-refractivity contribution >= 4 is 5.91 Å². The monoisotopic (exact) mass is 318 g/mol. The molecule has 3 saturated heterocycles. The lowest BCUT2D eigenvalue weighted by Gasteiger charge is -2.41. The van der Waals surface area contributed by atoms with Crippen molar-refractivity contribution in [2.24, 2.45) is 0 Å². The van der Waals surface area contributed by atoms with Crippen LogP contribution in [0.25, 0.3) is 0 Å². The van der Waals surface area contributed by atoms with Gasteiger partial charge in [-0.25, -0.2) is 0 Å². The van der Waals surface area contributed by atoms with E-state index in [0.717, 1.165) is 39.0 Å². The summed E-state index contributed by atoms with van der Waals surface area (Å²) in [4.78, 5) is 17.3. The van der Waals surface area contributed by atoms with E-state index in [1.807, 2.05) is 11.8 Å². The van der Waals surface area contributed by atoms with Crippen molar-refractivity contribution in [1.29, 1.82) is 0 Å². The van der Waals surface area contributed by atoms with Gasteiger partial charge < -0.3 is 19.0 Å². The highest BCUT2D eigenvalue weighted by molar-refractivity contribution is 5.95. The molecule has 1 aromatic heterocycles. The maximum absolute atomic E-state index is 12.7. The zero-order valence-corrected chi connectivity index (χ0v) is 13.9. The molecule has 5 heteroatoms. The summed E-state index contributed by atoms with van der Waals surface area (Å²) in [5.41, 5.74) is 0.563. The average molecular weight is 318 g/mol. The van der Waals surface area contributed by atoms with Crippen LogP contribution in [0.15, 0.2) is 16.7 Å². The minimum absolute atomic E-state index is 0.0834. The summed E-state index contributed by atoms with van der Waals surface area (Å²) in [6.45, 7) is 6.65. The van der Waals surface area contributed by atoms with Gasteiger partial charge in [-0.3, -0.25) is 4.79 Å². The van der Waals surface area contributed by atoms with Gasteiger partial charge in [0.1, 0.15) is 5.76 Å². The average Bonchev–Trinajstić information content (AvgIpc) is 3.28. The van der Waals surface area contributed by atoms with E-state index in [1.165, 1.54) is 25.9 Å². The maximum Gasteiger partial charge on any atom is 0.257 e. The van der Waals surface area contributed by atoms with Crippen LogP contribution in [-0.4, -0.2) is 60.1 Å². The largest absolute Gasteiger partial charge is 0.469 e. The molecule has 0 aromatic carbocycles. The van der Waals surface area contributed by atoms with Crippen molar-refractivity contribution < 1.29 is 13.9 Å². The molecule has 126 valence electrons. The molecule has 0 N–H and O–H groups in total. The first-order valence-electron chi connectivity index (χ1n) is 8.88. The van der Waals surface area contributed by atoms with Crippen LogP contribution in [0.4, 0.5) is 0 Å². The number of furan rings is 1. The lowest BCUT2D eigenvalue weighted by molar-refractivity contribution is -0.0946. The molecule has 4 heterocycles. The number of hydrogen-bond acceptors (Lipinski definition) is 4. The van der Waals surface area contributed by atoms with Crippen LogP contribution >= 0.6 is 0 Å². The lowest BCUT2D eigenvalue weighted by atomic mass is 9.89. The molecule has 23 heavy (non-hydrogen) atoms. The second-order valence-corrected chi connectivity index (χ2v) is 7.29. The first-order valence-corrected chi connectivity index (χ1v) is 8.88. The van der Waals surface area contributed by atoms with Crippen LogP contribution in [0.2, 0.25) is 0 Å². The van der Waals surface area contributed by atoms with Gasteiger partial charge in [-0.05, 0) is 58.2 Å². The fourth-order valence-electron chi connectivity index (χ4n) is 4.50. The minimum Gasteiger partial charge on any atom is -0.469 e. The van der Waals surface area contributed by atoms with E-state index >= 15 is 0 Å². The van der Waals surface area contributed by atoms with Gasteiger partial charge in [-0.15, -0.1) is 0 Å². The molecule has 0 saturated carbocycles. The predicted octanol–water partition coefficient (Wildman–Crippen LogP) is 2.45. The first-order chi connectivity index (χ1) is 11.2. The number of aryl methyl sites for hydroxylation is 1. The topological polar surface area (TPSA) is 45.9 Å².